The van der Waals surface area contributed by atoms with Crippen LogP contribution in [0.3, 0.4) is 0 Å². The van der Waals surface area contributed by atoms with Crippen LogP contribution in [0.15, 0.2) is 39.9 Å². The van der Waals surface area contributed by atoms with E-state index in [1.54, 1.807) is 12.1 Å². The maximum absolute atomic E-state index is 12.4. The average Bonchev–Trinajstić information content (AvgIpc) is 2.57. The van der Waals surface area contributed by atoms with Crippen molar-refractivity contribution < 1.29 is 14.7 Å². The van der Waals surface area contributed by atoms with Gasteiger partial charge in [-0.1, -0.05) is 12.1 Å². The molecule has 2 aromatic rings. The third-order valence-electron chi connectivity index (χ3n) is 3.78. The van der Waals surface area contributed by atoms with Gasteiger partial charge in [0.15, 0.2) is 0 Å². The van der Waals surface area contributed by atoms with Gasteiger partial charge in [-0.3, -0.25) is 23.5 Å². The molecule has 0 saturated heterocycles. The molecule has 0 fully saturated rings. The Morgan fingerprint density at radius 1 is 1.16 bits per heavy atom. The summed E-state index contributed by atoms with van der Waals surface area (Å²) in [5.41, 5.74) is 4.52. The van der Waals surface area contributed by atoms with Crippen LogP contribution in [0, 0.1) is 0 Å². The molecule has 0 bridgehead atoms. The van der Waals surface area contributed by atoms with Crippen molar-refractivity contribution in [2.45, 2.75) is 12.5 Å². The molecule has 0 aliphatic carbocycles. The number of hydrogen-bond acceptors (Lipinski definition) is 5. The SMILES string of the molecule is Cn1c(C(=O)N[C@@H](Cc2ccc(O)cc2)C(N)=O)cc(=O)n(C)c1=O. The molecule has 0 aliphatic heterocycles. The summed E-state index contributed by atoms with van der Waals surface area (Å²) in [6, 6.07) is 6.03. The number of nitrogens with two attached hydrogens (primary N) is 1. The van der Waals surface area contributed by atoms with E-state index in [0.29, 0.717) is 5.56 Å². The third-order valence-corrected chi connectivity index (χ3v) is 3.78. The first-order valence-electron chi connectivity index (χ1n) is 7.36. The van der Waals surface area contributed by atoms with E-state index in [1.807, 2.05) is 0 Å². The quantitative estimate of drug-likeness (QED) is 0.613. The highest BCUT2D eigenvalue weighted by Gasteiger charge is 2.22. The first-order chi connectivity index (χ1) is 11.7. The molecule has 0 radical (unpaired) electrons. The summed E-state index contributed by atoms with van der Waals surface area (Å²) in [5.74, 6) is -1.46. The Hall–Kier alpha value is -3.36. The fourth-order valence-electron chi connectivity index (χ4n) is 2.27. The Morgan fingerprint density at radius 3 is 2.32 bits per heavy atom. The van der Waals surface area contributed by atoms with Crippen molar-refractivity contribution in [3.8, 4) is 5.75 Å². The molecule has 1 atom stereocenters. The monoisotopic (exact) mass is 346 g/mol. The molecule has 2 rings (SSSR count). The number of carbonyl (C=O) groups is 2. The number of amides is 2. The lowest BCUT2D eigenvalue weighted by molar-refractivity contribution is -0.119. The van der Waals surface area contributed by atoms with Crippen molar-refractivity contribution in [2.24, 2.45) is 19.8 Å². The lowest BCUT2D eigenvalue weighted by atomic mass is 10.1. The topological polar surface area (TPSA) is 136 Å². The molecule has 9 nitrogen and oxygen atoms in total. The standard InChI is InChI=1S/C16H18N4O5/c1-19-12(8-13(22)20(2)16(19)25)15(24)18-11(14(17)23)7-9-3-5-10(21)6-4-9/h3-6,8,11,21H,7H2,1-2H3,(H2,17,23)(H,18,24)/t11-/m0/s1. The van der Waals surface area contributed by atoms with Gasteiger partial charge < -0.3 is 16.2 Å². The Balaban J connectivity index is 2.27. The van der Waals surface area contributed by atoms with Crippen molar-refractivity contribution in [1.29, 1.82) is 0 Å². The third kappa shape index (κ3) is 3.94. The summed E-state index contributed by atoms with van der Waals surface area (Å²) in [6.45, 7) is 0. The Bertz CT molecular complexity index is 927. The van der Waals surface area contributed by atoms with Crippen molar-refractivity contribution >= 4 is 11.8 Å². The van der Waals surface area contributed by atoms with Gasteiger partial charge in [0.1, 0.15) is 17.5 Å². The summed E-state index contributed by atoms with van der Waals surface area (Å²) in [7, 11) is 2.64. The lowest BCUT2D eigenvalue weighted by Crippen LogP contribution is -2.48. The molecular weight excluding hydrogens is 328 g/mol. The first-order valence-corrected chi connectivity index (χ1v) is 7.36. The van der Waals surface area contributed by atoms with Crippen molar-refractivity contribution in [3.05, 3.63) is 62.4 Å². The van der Waals surface area contributed by atoms with Crippen LogP contribution in [0.5, 0.6) is 5.75 Å². The molecule has 1 aromatic heterocycles. The predicted octanol–water partition coefficient (Wildman–Crippen LogP) is -1.38. The zero-order valence-corrected chi connectivity index (χ0v) is 13.7. The summed E-state index contributed by atoms with van der Waals surface area (Å²) in [5, 5.41) is 11.7. The minimum Gasteiger partial charge on any atom is -0.508 e. The van der Waals surface area contributed by atoms with Crippen LogP contribution in [0.4, 0.5) is 0 Å². The Kier molecular flexibility index (Phi) is 5.06. The molecule has 9 heteroatoms. The number of primary amides is 1. The number of phenolic OH excluding ortho intramolecular Hbond substituents is 1. The fourth-order valence-corrected chi connectivity index (χ4v) is 2.27. The van der Waals surface area contributed by atoms with Crippen molar-refractivity contribution in [1.82, 2.24) is 14.5 Å². The number of benzene rings is 1. The number of hydrogen-bond donors (Lipinski definition) is 3. The molecule has 4 N–H and O–H groups in total. The predicted molar refractivity (Wildman–Crippen MR) is 89.2 cm³/mol. The van der Waals surface area contributed by atoms with E-state index in [9.17, 15) is 24.3 Å². The number of aromatic nitrogens is 2. The first kappa shape index (κ1) is 18.0. The van der Waals surface area contributed by atoms with E-state index in [4.69, 9.17) is 5.73 Å². The van der Waals surface area contributed by atoms with E-state index in [-0.39, 0.29) is 17.9 Å². The van der Waals surface area contributed by atoms with Crippen LogP contribution in [0.25, 0.3) is 0 Å². The van der Waals surface area contributed by atoms with Gasteiger partial charge in [-0.25, -0.2) is 4.79 Å². The molecule has 25 heavy (non-hydrogen) atoms. The number of nitrogens with zero attached hydrogens (tertiary/aromatic N) is 2. The minimum absolute atomic E-state index is 0.0681. The summed E-state index contributed by atoms with van der Waals surface area (Å²) >= 11 is 0. The zero-order chi connectivity index (χ0) is 18.7. The van der Waals surface area contributed by atoms with Crippen LogP contribution in [-0.2, 0) is 25.3 Å². The maximum Gasteiger partial charge on any atom is 0.331 e. The molecule has 0 saturated carbocycles. The van der Waals surface area contributed by atoms with Gasteiger partial charge in [0.2, 0.25) is 5.91 Å². The highest BCUT2D eigenvalue weighted by Crippen LogP contribution is 2.11. The number of aromatic hydroxyl groups is 1. The second-order valence-electron chi connectivity index (χ2n) is 5.57. The van der Waals surface area contributed by atoms with Crippen LogP contribution < -0.4 is 22.3 Å². The molecule has 1 aromatic carbocycles. The molecular formula is C16H18N4O5. The maximum atomic E-state index is 12.4. The smallest absolute Gasteiger partial charge is 0.331 e. The van der Waals surface area contributed by atoms with Crippen LogP contribution in [0.2, 0.25) is 0 Å². The van der Waals surface area contributed by atoms with Crippen LogP contribution in [-0.4, -0.2) is 32.1 Å². The highest BCUT2D eigenvalue weighted by atomic mass is 16.3. The Morgan fingerprint density at radius 2 is 1.76 bits per heavy atom. The summed E-state index contributed by atoms with van der Waals surface area (Å²) in [4.78, 5) is 47.6. The van der Waals surface area contributed by atoms with Gasteiger partial charge in [-0.15, -0.1) is 0 Å². The fraction of sp³-hybridized carbons (Fsp3) is 0.250. The van der Waals surface area contributed by atoms with Gasteiger partial charge in [-0.05, 0) is 17.7 Å². The van der Waals surface area contributed by atoms with Gasteiger partial charge >= 0.3 is 5.69 Å². The number of carbonyl (C=O) groups excluding carboxylic acids is 2. The average molecular weight is 346 g/mol. The zero-order valence-electron chi connectivity index (χ0n) is 13.7. The van der Waals surface area contributed by atoms with E-state index >= 15 is 0 Å². The largest absolute Gasteiger partial charge is 0.508 e. The minimum atomic E-state index is -1.05. The summed E-state index contributed by atoms with van der Waals surface area (Å²) in [6.07, 6.45) is 0.0974. The summed E-state index contributed by atoms with van der Waals surface area (Å²) < 4.78 is 1.87. The van der Waals surface area contributed by atoms with E-state index in [0.717, 1.165) is 15.2 Å². The second-order valence-corrected chi connectivity index (χ2v) is 5.57. The van der Waals surface area contributed by atoms with E-state index < -0.39 is 29.1 Å². The second kappa shape index (κ2) is 7.04. The van der Waals surface area contributed by atoms with Gasteiger partial charge in [0.25, 0.3) is 11.5 Å². The van der Waals surface area contributed by atoms with Crippen LogP contribution >= 0.6 is 0 Å². The van der Waals surface area contributed by atoms with Crippen LogP contribution in [0.1, 0.15) is 16.1 Å². The number of rotatable bonds is 5. The van der Waals surface area contributed by atoms with E-state index in [2.05, 4.69) is 5.32 Å². The van der Waals surface area contributed by atoms with Crippen molar-refractivity contribution in [3.63, 3.8) is 0 Å². The van der Waals surface area contributed by atoms with E-state index in [1.165, 1.54) is 26.2 Å². The number of nitrogens with one attached hydrogen (secondary N) is 1. The van der Waals surface area contributed by atoms with Gasteiger partial charge in [-0.2, -0.15) is 0 Å². The number of phenols is 1. The lowest BCUT2D eigenvalue weighted by Gasteiger charge is -2.17. The highest BCUT2D eigenvalue weighted by molar-refractivity contribution is 5.96. The normalized spacial score (nSPS) is 11.8. The molecule has 0 unspecified atom stereocenters. The van der Waals surface area contributed by atoms with Gasteiger partial charge in [0, 0.05) is 26.6 Å². The van der Waals surface area contributed by atoms with Gasteiger partial charge in [0.05, 0.1) is 0 Å². The molecule has 132 valence electrons. The molecule has 0 aliphatic rings. The molecule has 0 spiro atoms. The Labute approximate surface area is 142 Å². The van der Waals surface area contributed by atoms with Crippen molar-refractivity contribution in [2.75, 3.05) is 0 Å². The molecule has 2 amide bonds. The molecule has 1 heterocycles.